The van der Waals surface area contributed by atoms with Crippen LogP contribution in [0.4, 0.5) is 4.39 Å². The molecule has 4 fully saturated rings. The second-order valence-corrected chi connectivity index (χ2v) is 21.0. The van der Waals surface area contributed by atoms with Crippen molar-refractivity contribution in [3.05, 3.63) is 41.1 Å². The Morgan fingerprint density at radius 2 is 1.72 bits per heavy atom. The molecule has 0 spiro atoms. The van der Waals surface area contributed by atoms with Crippen LogP contribution < -0.4 is 5.32 Å². The van der Waals surface area contributed by atoms with Crippen LogP contribution in [0.25, 0.3) is 11.5 Å². The van der Waals surface area contributed by atoms with Crippen LogP contribution in [0, 0.1) is 62.0 Å². The lowest BCUT2D eigenvalue weighted by atomic mass is 9.33. The molecule has 2 aromatic rings. The molecule has 12 heteroatoms. The summed E-state index contributed by atoms with van der Waals surface area (Å²) in [6, 6.07) is 2.92. The summed E-state index contributed by atoms with van der Waals surface area (Å²) in [4.78, 5) is 43.6. The van der Waals surface area contributed by atoms with Crippen LogP contribution in [0.5, 0.6) is 0 Å². The molecule has 0 radical (unpaired) electrons. The fraction of sp³-hybridized carbons (Fsp3) is 0.739. The number of nitrogens with one attached hydrogen (secondary N) is 1. The van der Waals surface area contributed by atoms with E-state index in [2.05, 4.69) is 69.0 Å². The number of hydrogen-bond donors (Lipinski definition) is 3. The van der Waals surface area contributed by atoms with Crippen molar-refractivity contribution in [2.75, 3.05) is 13.6 Å². The Morgan fingerprint density at radius 1 is 1.00 bits per heavy atom. The van der Waals surface area contributed by atoms with Gasteiger partial charge in [-0.25, -0.2) is 9.37 Å². The number of esters is 1. The molecular formula is C46H66FN5O6. The van der Waals surface area contributed by atoms with E-state index >= 15 is 0 Å². The van der Waals surface area contributed by atoms with Gasteiger partial charge >= 0.3 is 11.9 Å². The van der Waals surface area contributed by atoms with E-state index in [0.29, 0.717) is 48.7 Å². The molecular weight excluding hydrogens is 738 g/mol. The van der Waals surface area contributed by atoms with Gasteiger partial charge in [-0.3, -0.25) is 14.4 Å². The lowest BCUT2D eigenvalue weighted by molar-refractivity contribution is -0.235. The maximum Gasteiger partial charge on any atom is 0.309 e. The van der Waals surface area contributed by atoms with Crippen LogP contribution in [-0.4, -0.2) is 67.4 Å². The summed E-state index contributed by atoms with van der Waals surface area (Å²) in [7, 11) is 1.86. The zero-order valence-electron chi connectivity index (χ0n) is 36.4. The Hall–Kier alpha value is -3.51. The quantitative estimate of drug-likeness (QED) is 0.190. The average molecular weight is 804 g/mol. The molecule has 0 aromatic carbocycles. The first-order valence-electron chi connectivity index (χ1n) is 21.7. The standard InChI is InChI=1S/C46H66FN5O6/c1-26(2)35-30(53)23-46(37(55)39-51-50-38(52(39)22-21-48-10)29-13-11-27(47)25-49-29)20-19-44(8)28(36(35)46)12-14-32-43(7)17-16-33(58-34(54)24-41(3,4)40(56)57)42(5,6)31(43)15-18-45(32,44)9/h11,13,25-26,28,31-33,37,48,55H,12,14-24H2,1-10H3,(H,56,57)/t28-,31+,32-,33+,37+,43+,44-,45-,46-/m1/s1. The number of rotatable bonds is 11. The zero-order chi connectivity index (χ0) is 42.4. The molecule has 3 N–H and O–H groups in total. The van der Waals surface area contributed by atoms with Gasteiger partial charge in [0.05, 0.1) is 18.0 Å². The number of aromatic nitrogens is 4. The van der Waals surface area contributed by atoms with E-state index in [4.69, 9.17) is 4.74 Å². The predicted octanol–water partition coefficient (Wildman–Crippen LogP) is 8.13. The predicted molar refractivity (Wildman–Crippen MR) is 217 cm³/mol. The molecule has 9 atom stereocenters. The summed E-state index contributed by atoms with van der Waals surface area (Å²) in [6.07, 6.45) is 6.99. The highest BCUT2D eigenvalue weighted by Gasteiger charge is 2.71. The molecule has 0 aliphatic heterocycles. The van der Waals surface area contributed by atoms with Crippen molar-refractivity contribution in [1.82, 2.24) is 25.1 Å². The average Bonchev–Trinajstić information content (AvgIpc) is 3.70. The first kappa shape index (κ1) is 42.6. The van der Waals surface area contributed by atoms with Crippen molar-refractivity contribution < 1.29 is 33.7 Å². The fourth-order valence-corrected chi connectivity index (χ4v) is 13.7. The largest absolute Gasteiger partial charge is 0.481 e. The third kappa shape index (κ3) is 6.31. The molecule has 0 bridgehead atoms. The number of fused-ring (bicyclic) bond motifs is 7. The number of halogens is 1. The maximum atomic E-state index is 14.4. The number of Topliss-reactive ketones (excluding diaryl/α,β-unsaturated/α-hetero) is 1. The highest BCUT2D eigenvalue weighted by atomic mass is 19.1. The Bertz CT molecular complexity index is 1990. The first-order valence-corrected chi connectivity index (χ1v) is 21.7. The topological polar surface area (TPSA) is 157 Å². The number of ether oxygens (including phenoxy) is 1. The smallest absolute Gasteiger partial charge is 0.309 e. The summed E-state index contributed by atoms with van der Waals surface area (Å²) in [5, 5.41) is 34.8. The van der Waals surface area contributed by atoms with Crippen molar-refractivity contribution in [3.63, 3.8) is 0 Å². The number of nitrogens with zero attached hydrogens (tertiary/aromatic N) is 4. The Labute approximate surface area is 343 Å². The van der Waals surface area contributed by atoms with Gasteiger partial charge in [0.2, 0.25) is 0 Å². The Kier molecular flexibility index (Phi) is 10.7. The summed E-state index contributed by atoms with van der Waals surface area (Å²) >= 11 is 0. The number of likely N-dealkylation sites (N-methyl/N-ethyl adjacent to an activating group) is 1. The molecule has 7 rings (SSSR count). The highest BCUT2D eigenvalue weighted by molar-refractivity contribution is 6.00. The molecule has 58 heavy (non-hydrogen) atoms. The molecule has 11 nitrogen and oxygen atoms in total. The van der Waals surface area contributed by atoms with E-state index < -0.39 is 34.7 Å². The van der Waals surface area contributed by atoms with Crippen molar-refractivity contribution in [2.45, 2.75) is 145 Å². The van der Waals surface area contributed by atoms with E-state index in [1.807, 2.05) is 11.6 Å². The number of hydrogen-bond acceptors (Lipinski definition) is 9. The fourth-order valence-electron chi connectivity index (χ4n) is 13.7. The van der Waals surface area contributed by atoms with Gasteiger partial charge in [-0.2, -0.15) is 0 Å². The van der Waals surface area contributed by atoms with Gasteiger partial charge in [-0.1, -0.05) is 48.5 Å². The monoisotopic (exact) mass is 803 g/mol. The lowest BCUT2D eigenvalue weighted by Gasteiger charge is -2.72. The summed E-state index contributed by atoms with van der Waals surface area (Å²) < 4.78 is 22.0. The van der Waals surface area contributed by atoms with Crippen LogP contribution in [0.1, 0.15) is 138 Å². The maximum absolute atomic E-state index is 14.4. The molecule has 2 aromatic heterocycles. The molecule has 0 saturated heterocycles. The third-order valence-corrected chi connectivity index (χ3v) is 17.0. The summed E-state index contributed by atoms with van der Waals surface area (Å²) in [5.41, 5.74) is 0.00811. The highest BCUT2D eigenvalue weighted by Crippen LogP contribution is 2.77. The van der Waals surface area contributed by atoms with Gasteiger partial charge in [0.25, 0.3) is 0 Å². The number of carboxylic acid groups (broad SMARTS) is 1. The molecule has 5 aliphatic carbocycles. The number of allylic oxidation sites excluding steroid dienone is 1. The van der Waals surface area contributed by atoms with Gasteiger partial charge in [-0.05, 0) is 135 Å². The number of carbonyl (C=O) groups is 3. The minimum atomic E-state index is -1.19. The second-order valence-electron chi connectivity index (χ2n) is 21.0. The molecule has 2 heterocycles. The van der Waals surface area contributed by atoms with Crippen molar-refractivity contribution in [3.8, 4) is 11.5 Å². The van der Waals surface area contributed by atoms with E-state index in [1.54, 1.807) is 19.9 Å². The Balaban J connectivity index is 1.22. The van der Waals surface area contributed by atoms with Gasteiger partial charge in [0.1, 0.15) is 23.7 Å². The van der Waals surface area contributed by atoms with Crippen LogP contribution >= 0.6 is 0 Å². The summed E-state index contributed by atoms with van der Waals surface area (Å²) in [5.74, 6) is -0.0803. The number of carboxylic acids is 1. The molecule has 5 aliphatic rings. The minimum Gasteiger partial charge on any atom is -0.481 e. The SMILES string of the molecule is CNCCn1c(-c2ccc(F)cn2)nnc1[C@H](O)[C@@]12CC[C@]3(C)[C@H](CC[C@@H]4[C@@]5(C)CC[C@H](OC(=O)CC(C)(C)C(=O)O)C(C)(C)[C@@H]5CC[C@]43C)C1=C(C(C)C)C(=O)C2. The van der Waals surface area contributed by atoms with Crippen LogP contribution in [0.15, 0.2) is 29.5 Å². The van der Waals surface area contributed by atoms with Gasteiger partial charge in [-0.15, -0.1) is 10.2 Å². The van der Waals surface area contributed by atoms with E-state index in [-0.39, 0.29) is 58.2 Å². The van der Waals surface area contributed by atoms with Gasteiger partial charge in [0.15, 0.2) is 17.4 Å². The minimum absolute atomic E-state index is 0.00120. The third-order valence-electron chi connectivity index (χ3n) is 17.0. The number of aliphatic hydroxyl groups excluding tert-OH is 1. The molecule has 0 amide bonds. The van der Waals surface area contributed by atoms with Crippen LogP contribution in [-0.2, 0) is 25.7 Å². The van der Waals surface area contributed by atoms with Gasteiger partial charge in [0, 0.05) is 30.3 Å². The van der Waals surface area contributed by atoms with Crippen molar-refractivity contribution in [1.29, 1.82) is 0 Å². The first-order chi connectivity index (χ1) is 27.1. The Morgan fingerprint density at radius 3 is 2.36 bits per heavy atom. The van der Waals surface area contributed by atoms with E-state index in [0.717, 1.165) is 62.3 Å². The normalized spacial score (nSPS) is 34.9. The van der Waals surface area contributed by atoms with E-state index in [1.165, 1.54) is 6.07 Å². The van der Waals surface area contributed by atoms with Crippen molar-refractivity contribution >= 4 is 17.7 Å². The molecule has 4 saturated carbocycles. The lowest BCUT2D eigenvalue weighted by Crippen LogP contribution is -2.66. The van der Waals surface area contributed by atoms with E-state index in [9.17, 15) is 29.0 Å². The van der Waals surface area contributed by atoms with Crippen LogP contribution in [0.3, 0.4) is 0 Å². The zero-order valence-corrected chi connectivity index (χ0v) is 36.4. The molecule has 318 valence electrons. The van der Waals surface area contributed by atoms with Gasteiger partial charge < -0.3 is 24.8 Å². The summed E-state index contributed by atoms with van der Waals surface area (Å²) in [6.45, 7) is 20.4. The number of aliphatic carboxylic acids is 1. The van der Waals surface area contributed by atoms with Crippen molar-refractivity contribution in [2.24, 2.45) is 56.2 Å². The molecule has 0 unspecified atom stereocenters. The number of aliphatic hydroxyl groups is 1. The number of pyridine rings is 1. The van der Waals surface area contributed by atoms with Crippen LogP contribution in [0.2, 0.25) is 0 Å². The second kappa shape index (κ2) is 14.6. The number of ketones is 1. The number of carbonyl (C=O) groups excluding carboxylic acids is 2.